The second-order valence-electron chi connectivity index (χ2n) is 3.00. The van der Waals surface area contributed by atoms with Gasteiger partial charge in [-0.1, -0.05) is 34.6 Å². The first-order valence-corrected chi connectivity index (χ1v) is 6.63. The van der Waals surface area contributed by atoms with Crippen LogP contribution in [0.1, 0.15) is 5.56 Å². The van der Waals surface area contributed by atoms with Crippen molar-refractivity contribution in [2.45, 2.75) is 9.24 Å². The van der Waals surface area contributed by atoms with Gasteiger partial charge in [-0.2, -0.15) is 0 Å². The van der Waals surface area contributed by atoms with Gasteiger partial charge in [0, 0.05) is 16.5 Å². The molecule has 0 unspecified atom stereocenters. The summed E-state index contributed by atoms with van der Waals surface area (Å²) in [4.78, 5) is 4.97. The Labute approximate surface area is 111 Å². The predicted octanol–water partition coefficient (Wildman–Crippen LogP) is 3.04. The number of amidine groups is 1. The summed E-state index contributed by atoms with van der Waals surface area (Å²) in [6, 6.07) is 5.36. The number of hydrogen-bond donors (Lipinski definition) is 2. The zero-order valence-electron chi connectivity index (χ0n) is 8.50. The molecule has 0 saturated carbocycles. The van der Waals surface area contributed by atoms with Crippen molar-refractivity contribution >= 4 is 40.5 Å². The Morgan fingerprint density at radius 1 is 1.53 bits per heavy atom. The summed E-state index contributed by atoms with van der Waals surface area (Å²) < 4.78 is 0.874. The molecule has 0 bridgehead atoms. The minimum atomic E-state index is -0.00495. The second-order valence-corrected chi connectivity index (χ2v) is 5.59. The topological polar surface area (TPSA) is 71.5 Å². The van der Waals surface area contributed by atoms with E-state index < -0.39 is 0 Å². The minimum Gasteiger partial charge on any atom is -0.409 e. The fourth-order valence-corrected chi connectivity index (χ4v) is 3.32. The molecular weight excluding hydrogens is 278 g/mol. The zero-order chi connectivity index (χ0) is 12.3. The van der Waals surface area contributed by atoms with Crippen LogP contribution in [0.3, 0.4) is 0 Å². The van der Waals surface area contributed by atoms with Crippen molar-refractivity contribution in [3.63, 3.8) is 0 Å². The molecule has 0 saturated heterocycles. The summed E-state index contributed by atoms with van der Waals surface area (Å²) in [6.07, 6.45) is 1.72. The van der Waals surface area contributed by atoms with Crippen LogP contribution in [0.15, 0.2) is 44.2 Å². The van der Waals surface area contributed by atoms with Crippen LogP contribution < -0.4 is 5.73 Å². The maximum atomic E-state index is 8.75. The first-order valence-electron chi connectivity index (χ1n) is 4.56. The van der Waals surface area contributed by atoms with E-state index in [1.165, 1.54) is 23.1 Å². The third-order valence-electron chi connectivity index (χ3n) is 1.95. The highest BCUT2D eigenvalue weighted by Crippen LogP contribution is 2.34. The van der Waals surface area contributed by atoms with Gasteiger partial charge >= 0.3 is 0 Å². The molecule has 0 spiro atoms. The molecule has 88 valence electrons. The van der Waals surface area contributed by atoms with E-state index in [1.807, 2.05) is 17.5 Å². The third-order valence-corrected chi connectivity index (χ3v) is 4.20. The number of nitrogens with two attached hydrogens (primary N) is 1. The molecule has 0 fully saturated rings. The van der Waals surface area contributed by atoms with E-state index in [4.69, 9.17) is 22.5 Å². The molecule has 1 aromatic carbocycles. The van der Waals surface area contributed by atoms with Crippen LogP contribution in [-0.4, -0.2) is 16.0 Å². The number of halogens is 1. The molecule has 0 radical (unpaired) electrons. The van der Waals surface area contributed by atoms with Gasteiger partial charge < -0.3 is 10.9 Å². The van der Waals surface area contributed by atoms with Crippen molar-refractivity contribution in [1.82, 2.24) is 4.98 Å². The van der Waals surface area contributed by atoms with Crippen molar-refractivity contribution in [3.8, 4) is 0 Å². The largest absolute Gasteiger partial charge is 0.409 e. The molecule has 2 rings (SSSR count). The lowest BCUT2D eigenvalue weighted by atomic mass is 10.2. The summed E-state index contributed by atoms with van der Waals surface area (Å²) in [5, 5.41) is 14.1. The number of aromatic nitrogens is 1. The molecule has 4 nitrogen and oxygen atoms in total. The van der Waals surface area contributed by atoms with Gasteiger partial charge in [0.05, 0.1) is 10.6 Å². The fourth-order valence-electron chi connectivity index (χ4n) is 1.24. The molecule has 0 aliphatic heterocycles. The summed E-state index contributed by atoms with van der Waals surface area (Å²) in [7, 11) is 0. The van der Waals surface area contributed by atoms with Gasteiger partial charge in [0.1, 0.15) is 0 Å². The van der Waals surface area contributed by atoms with Crippen molar-refractivity contribution in [3.05, 3.63) is 40.4 Å². The number of thiazole rings is 1. The smallest absolute Gasteiger partial charge is 0.172 e. The highest BCUT2D eigenvalue weighted by atomic mass is 35.5. The molecule has 3 N–H and O–H groups in total. The number of benzene rings is 1. The van der Waals surface area contributed by atoms with Crippen LogP contribution in [0.2, 0.25) is 5.02 Å². The molecule has 0 atom stereocenters. The van der Waals surface area contributed by atoms with Gasteiger partial charge in [-0.15, -0.1) is 11.3 Å². The fraction of sp³-hybridized carbons (Fsp3) is 0. The van der Waals surface area contributed by atoms with Crippen molar-refractivity contribution < 1.29 is 5.21 Å². The van der Waals surface area contributed by atoms with Crippen molar-refractivity contribution in [1.29, 1.82) is 0 Å². The Bertz CT molecular complexity index is 542. The molecule has 0 aliphatic rings. The molecule has 1 heterocycles. The number of hydrogen-bond acceptors (Lipinski definition) is 5. The van der Waals surface area contributed by atoms with E-state index in [9.17, 15) is 0 Å². The lowest BCUT2D eigenvalue weighted by molar-refractivity contribution is 0.318. The second kappa shape index (κ2) is 5.39. The first kappa shape index (κ1) is 12.2. The van der Waals surface area contributed by atoms with Gasteiger partial charge in [-0.05, 0) is 12.1 Å². The van der Waals surface area contributed by atoms with E-state index in [-0.39, 0.29) is 5.84 Å². The molecule has 17 heavy (non-hydrogen) atoms. The minimum absolute atomic E-state index is 0.00495. The Hall–Kier alpha value is -1.24. The van der Waals surface area contributed by atoms with Gasteiger partial charge in [0.25, 0.3) is 0 Å². The van der Waals surface area contributed by atoms with Crippen LogP contribution in [0.5, 0.6) is 0 Å². The normalized spacial score (nSPS) is 11.7. The Kier molecular flexibility index (Phi) is 3.88. The van der Waals surface area contributed by atoms with Crippen LogP contribution in [-0.2, 0) is 0 Å². The highest BCUT2D eigenvalue weighted by molar-refractivity contribution is 8.01. The predicted molar refractivity (Wildman–Crippen MR) is 70.2 cm³/mol. The number of rotatable bonds is 3. The van der Waals surface area contributed by atoms with E-state index in [0.717, 1.165) is 9.24 Å². The van der Waals surface area contributed by atoms with Gasteiger partial charge in [-0.3, -0.25) is 0 Å². The van der Waals surface area contributed by atoms with Gasteiger partial charge in [0.15, 0.2) is 10.2 Å². The summed E-state index contributed by atoms with van der Waals surface area (Å²) in [6.45, 7) is 0. The summed E-state index contributed by atoms with van der Waals surface area (Å²) in [5.74, 6) is -0.00495. The maximum Gasteiger partial charge on any atom is 0.172 e. The molecule has 0 amide bonds. The lowest BCUT2D eigenvalue weighted by Gasteiger charge is -2.07. The molecule has 1 aromatic heterocycles. The van der Waals surface area contributed by atoms with Crippen LogP contribution in [0.25, 0.3) is 0 Å². The van der Waals surface area contributed by atoms with Crippen molar-refractivity contribution in [2.24, 2.45) is 10.9 Å². The standard InChI is InChI=1S/C10H8ClN3OS2/c11-6-2-1-3-7(8(6)9(12)14-15)17-10-13-4-5-16-10/h1-5,15H,(H2,12,14). The van der Waals surface area contributed by atoms with E-state index in [0.29, 0.717) is 10.6 Å². The maximum absolute atomic E-state index is 8.75. The summed E-state index contributed by atoms with van der Waals surface area (Å²) >= 11 is 8.99. The SMILES string of the molecule is NC(=NO)c1c(Cl)cccc1Sc1nccs1. The van der Waals surface area contributed by atoms with E-state index in [1.54, 1.807) is 12.3 Å². The average molecular weight is 286 g/mol. The lowest BCUT2D eigenvalue weighted by Crippen LogP contribution is -2.14. The molecule has 0 aliphatic carbocycles. The van der Waals surface area contributed by atoms with Crippen LogP contribution in [0.4, 0.5) is 0 Å². The highest BCUT2D eigenvalue weighted by Gasteiger charge is 2.13. The Morgan fingerprint density at radius 3 is 3.00 bits per heavy atom. The van der Waals surface area contributed by atoms with Gasteiger partial charge in [-0.25, -0.2) is 4.98 Å². The Balaban J connectivity index is 2.43. The van der Waals surface area contributed by atoms with Crippen LogP contribution in [0, 0.1) is 0 Å². The summed E-state index contributed by atoms with van der Waals surface area (Å²) in [5.41, 5.74) is 6.13. The molecule has 7 heteroatoms. The number of oxime groups is 1. The average Bonchev–Trinajstić information content (AvgIpc) is 2.81. The monoisotopic (exact) mass is 285 g/mol. The van der Waals surface area contributed by atoms with Gasteiger partial charge in [0.2, 0.25) is 0 Å². The van der Waals surface area contributed by atoms with E-state index in [2.05, 4.69) is 10.1 Å². The number of nitrogens with zero attached hydrogens (tertiary/aromatic N) is 2. The molecule has 2 aromatic rings. The van der Waals surface area contributed by atoms with E-state index >= 15 is 0 Å². The quantitative estimate of drug-likeness (QED) is 0.393. The zero-order valence-corrected chi connectivity index (χ0v) is 10.9. The third kappa shape index (κ3) is 2.71. The van der Waals surface area contributed by atoms with Crippen molar-refractivity contribution in [2.75, 3.05) is 0 Å². The first-order chi connectivity index (χ1) is 8.22. The Morgan fingerprint density at radius 2 is 2.35 bits per heavy atom. The molecular formula is C10H8ClN3OS2. The van der Waals surface area contributed by atoms with Crippen LogP contribution >= 0.6 is 34.7 Å².